The molecular formula is C24H26N6O3S. The van der Waals surface area contributed by atoms with Crippen LogP contribution in [0.1, 0.15) is 26.5 Å². The first-order valence-electron chi connectivity index (χ1n) is 11.1. The van der Waals surface area contributed by atoms with Gasteiger partial charge < -0.3 is 31.2 Å². The number of aromatic nitrogens is 1. The summed E-state index contributed by atoms with van der Waals surface area (Å²) in [4.78, 5) is 20.7. The highest BCUT2D eigenvalue weighted by atomic mass is 32.1. The third kappa shape index (κ3) is 3.92. The lowest BCUT2D eigenvalue weighted by Gasteiger charge is -2.28. The smallest absolute Gasteiger partial charge is 0.263 e. The van der Waals surface area contributed by atoms with Gasteiger partial charge in [0.15, 0.2) is 0 Å². The Morgan fingerprint density at radius 3 is 2.94 bits per heavy atom. The van der Waals surface area contributed by atoms with E-state index in [2.05, 4.69) is 21.3 Å². The predicted octanol–water partition coefficient (Wildman–Crippen LogP) is 1.95. The number of rotatable bonds is 4. The quantitative estimate of drug-likeness (QED) is 0.517. The molecule has 3 aromatic rings. The fourth-order valence-corrected chi connectivity index (χ4v) is 5.66. The van der Waals surface area contributed by atoms with Crippen molar-refractivity contribution < 1.29 is 14.3 Å². The van der Waals surface area contributed by atoms with Crippen molar-refractivity contribution in [2.24, 2.45) is 5.73 Å². The third-order valence-corrected chi connectivity index (χ3v) is 7.55. The molecule has 1 amide bonds. The first kappa shape index (κ1) is 22.4. The maximum absolute atomic E-state index is 13.0. The zero-order valence-corrected chi connectivity index (χ0v) is 19.8. The number of nitrogens with zero attached hydrogens (tertiary/aromatic N) is 3. The summed E-state index contributed by atoms with van der Waals surface area (Å²) < 4.78 is 11.5. The molecule has 0 spiro atoms. The molecule has 0 aliphatic carbocycles. The molecular weight excluding hydrogens is 452 g/mol. The normalized spacial score (nSPS) is 21.7. The van der Waals surface area contributed by atoms with Gasteiger partial charge in [-0.1, -0.05) is 0 Å². The number of anilines is 2. The molecule has 34 heavy (non-hydrogen) atoms. The van der Waals surface area contributed by atoms with Crippen LogP contribution in [0.2, 0.25) is 0 Å². The fourth-order valence-electron chi connectivity index (χ4n) is 4.62. The average molecular weight is 479 g/mol. The van der Waals surface area contributed by atoms with E-state index in [0.717, 1.165) is 32.9 Å². The summed E-state index contributed by atoms with van der Waals surface area (Å²) in [7, 11) is 1.65. The second kappa shape index (κ2) is 8.76. The summed E-state index contributed by atoms with van der Waals surface area (Å²) in [6.45, 7) is 3.46. The molecule has 3 atom stereocenters. The SMILES string of the molecule is CO[C@H]1CN(c2cc3c(cc2C#N)C[C@@H](NC(=O)c2sc4nc(C)ccc4c2N)CO3)C[C@@H]1N. The zero-order valence-electron chi connectivity index (χ0n) is 19.0. The summed E-state index contributed by atoms with van der Waals surface area (Å²) in [6, 6.07) is 9.44. The number of nitriles is 1. The van der Waals surface area contributed by atoms with Gasteiger partial charge in [0.2, 0.25) is 0 Å². The molecule has 1 saturated heterocycles. The molecule has 0 saturated carbocycles. The number of carbonyl (C=O) groups is 1. The summed E-state index contributed by atoms with van der Waals surface area (Å²) >= 11 is 1.29. The van der Waals surface area contributed by atoms with Crippen LogP contribution in [0, 0.1) is 18.3 Å². The minimum Gasteiger partial charge on any atom is -0.491 e. The summed E-state index contributed by atoms with van der Waals surface area (Å²) in [5.74, 6) is 0.471. The standard InChI is InChI=1S/C24H26N6O3S/c1-12-3-4-16-21(27)22(34-24(16)28-12)23(31)29-15-6-13-5-14(8-25)18(7-19(13)33-11-15)30-9-17(26)20(10-30)32-2/h3-5,7,15,17,20H,6,9-11,26-27H2,1-2H3,(H,29,31)/t15-,17+,20+/m1/s1. The Balaban J connectivity index is 1.34. The number of hydrogen-bond donors (Lipinski definition) is 3. The van der Waals surface area contributed by atoms with Crippen LogP contribution in [-0.2, 0) is 11.2 Å². The molecule has 1 aromatic carbocycles. The highest BCUT2D eigenvalue weighted by Crippen LogP contribution is 2.36. The molecule has 4 heterocycles. The highest BCUT2D eigenvalue weighted by Gasteiger charge is 2.33. The van der Waals surface area contributed by atoms with Crippen molar-refractivity contribution in [1.29, 1.82) is 5.26 Å². The number of methoxy groups -OCH3 is 1. The van der Waals surface area contributed by atoms with E-state index in [-0.39, 0.29) is 24.1 Å². The Morgan fingerprint density at radius 1 is 1.38 bits per heavy atom. The number of amides is 1. The monoisotopic (exact) mass is 478 g/mol. The lowest BCUT2D eigenvalue weighted by atomic mass is 9.98. The van der Waals surface area contributed by atoms with Gasteiger partial charge in [0.1, 0.15) is 28.1 Å². The highest BCUT2D eigenvalue weighted by molar-refractivity contribution is 7.21. The van der Waals surface area contributed by atoms with Crippen LogP contribution in [0.5, 0.6) is 5.75 Å². The maximum atomic E-state index is 13.0. The van der Waals surface area contributed by atoms with E-state index in [9.17, 15) is 10.1 Å². The maximum Gasteiger partial charge on any atom is 0.263 e. The Morgan fingerprint density at radius 2 is 2.21 bits per heavy atom. The van der Waals surface area contributed by atoms with Crippen molar-refractivity contribution in [1.82, 2.24) is 10.3 Å². The van der Waals surface area contributed by atoms with Crippen molar-refractivity contribution >= 4 is 38.8 Å². The van der Waals surface area contributed by atoms with Gasteiger partial charge in [0, 0.05) is 37.3 Å². The first-order valence-corrected chi connectivity index (χ1v) is 11.9. The number of ether oxygens (including phenoxy) is 2. The van der Waals surface area contributed by atoms with Gasteiger partial charge in [-0.05, 0) is 37.1 Å². The van der Waals surface area contributed by atoms with Gasteiger partial charge in [-0.25, -0.2) is 4.98 Å². The number of hydrogen-bond acceptors (Lipinski definition) is 9. The van der Waals surface area contributed by atoms with E-state index in [1.165, 1.54) is 11.3 Å². The molecule has 9 nitrogen and oxygen atoms in total. The van der Waals surface area contributed by atoms with Crippen LogP contribution in [-0.4, -0.2) is 55.9 Å². The summed E-state index contributed by atoms with van der Waals surface area (Å²) in [6.07, 6.45) is 0.474. The van der Waals surface area contributed by atoms with Crippen LogP contribution in [0.3, 0.4) is 0 Å². The number of fused-ring (bicyclic) bond motifs is 2. The van der Waals surface area contributed by atoms with Crippen molar-refractivity contribution in [3.05, 3.63) is 46.0 Å². The number of carbonyl (C=O) groups excluding carboxylic acids is 1. The van der Waals surface area contributed by atoms with Crippen molar-refractivity contribution in [2.75, 3.05) is 37.4 Å². The Kier molecular flexibility index (Phi) is 5.77. The lowest BCUT2D eigenvalue weighted by Crippen LogP contribution is -2.42. The minimum atomic E-state index is -0.246. The number of nitrogen functional groups attached to an aromatic ring is 1. The van der Waals surface area contributed by atoms with Crippen LogP contribution in [0.15, 0.2) is 24.3 Å². The van der Waals surface area contributed by atoms with Crippen molar-refractivity contribution in [3.63, 3.8) is 0 Å². The molecule has 1 fully saturated rings. The number of aryl methyl sites for hydroxylation is 1. The van der Waals surface area contributed by atoms with E-state index < -0.39 is 0 Å². The number of pyridine rings is 1. The van der Waals surface area contributed by atoms with Gasteiger partial charge in [-0.3, -0.25) is 4.79 Å². The Labute approximate surface area is 201 Å². The molecule has 10 heteroatoms. The Hall–Kier alpha value is -3.39. The number of nitrogens with one attached hydrogen (secondary N) is 1. The predicted molar refractivity (Wildman–Crippen MR) is 131 cm³/mol. The second-order valence-electron chi connectivity index (χ2n) is 8.77. The number of benzene rings is 1. The van der Waals surface area contributed by atoms with E-state index >= 15 is 0 Å². The first-order chi connectivity index (χ1) is 16.4. The molecule has 5 rings (SSSR count). The largest absolute Gasteiger partial charge is 0.491 e. The number of nitrogens with two attached hydrogens (primary N) is 2. The summed E-state index contributed by atoms with van der Waals surface area (Å²) in [5, 5.41) is 13.6. The molecule has 2 aliphatic heterocycles. The minimum absolute atomic E-state index is 0.0801. The van der Waals surface area contributed by atoms with Crippen LogP contribution in [0.25, 0.3) is 10.2 Å². The second-order valence-corrected chi connectivity index (χ2v) is 9.77. The van der Waals surface area contributed by atoms with Gasteiger partial charge in [0.25, 0.3) is 5.91 Å². The lowest BCUT2D eigenvalue weighted by molar-refractivity contribution is 0.0920. The van der Waals surface area contributed by atoms with E-state index in [1.54, 1.807) is 7.11 Å². The van der Waals surface area contributed by atoms with Gasteiger partial charge in [-0.15, -0.1) is 11.3 Å². The summed E-state index contributed by atoms with van der Waals surface area (Å²) in [5.41, 5.74) is 15.9. The van der Waals surface area contributed by atoms with Crippen LogP contribution >= 0.6 is 11.3 Å². The molecule has 176 valence electrons. The number of thiophene rings is 1. The van der Waals surface area contributed by atoms with Crippen LogP contribution < -0.4 is 26.4 Å². The van der Waals surface area contributed by atoms with Crippen molar-refractivity contribution in [2.45, 2.75) is 31.5 Å². The zero-order chi connectivity index (χ0) is 24.0. The molecule has 0 unspecified atom stereocenters. The van der Waals surface area contributed by atoms with Gasteiger partial charge in [-0.2, -0.15) is 5.26 Å². The third-order valence-electron chi connectivity index (χ3n) is 6.43. The van der Waals surface area contributed by atoms with Crippen molar-refractivity contribution in [3.8, 4) is 11.8 Å². The average Bonchev–Trinajstić information content (AvgIpc) is 3.37. The molecule has 2 aromatic heterocycles. The molecule has 2 aliphatic rings. The fraction of sp³-hybridized carbons (Fsp3) is 0.375. The van der Waals surface area contributed by atoms with Crippen LogP contribution in [0.4, 0.5) is 11.4 Å². The van der Waals surface area contributed by atoms with E-state index in [4.69, 9.17) is 20.9 Å². The molecule has 0 bridgehead atoms. The van der Waals surface area contributed by atoms with E-state index in [1.807, 2.05) is 31.2 Å². The Bertz CT molecular complexity index is 1320. The molecule has 5 N–H and O–H groups in total. The van der Waals surface area contributed by atoms with Gasteiger partial charge >= 0.3 is 0 Å². The topological polar surface area (TPSA) is 140 Å². The van der Waals surface area contributed by atoms with Gasteiger partial charge in [0.05, 0.1) is 35.1 Å². The van der Waals surface area contributed by atoms with E-state index in [0.29, 0.717) is 42.2 Å². The molecule has 0 radical (unpaired) electrons.